The van der Waals surface area contributed by atoms with E-state index in [1.807, 2.05) is 0 Å². The number of halogens is 4. The van der Waals surface area contributed by atoms with Crippen LogP contribution in [0.1, 0.15) is 13.3 Å². The van der Waals surface area contributed by atoms with E-state index in [0.717, 1.165) is 0 Å². The highest BCUT2D eigenvalue weighted by Crippen LogP contribution is 2.56. The molecule has 1 aliphatic carbocycles. The van der Waals surface area contributed by atoms with E-state index in [4.69, 9.17) is 26.6 Å². The number of alkyl halides is 4. The lowest BCUT2D eigenvalue weighted by Crippen LogP contribution is -2.56. The van der Waals surface area contributed by atoms with Gasteiger partial charge in [-0.25, -0.2) is 18.0 Å². The van der Waals surface area contributed by atoms with Crippen LogP contribution in [0.25, 0.3) is 0 Å². The van der Waals surface area contributed by atoms with Crippen molar-refractivity contribution in [3.63, 3.8) is 0 Å². The van der Waals surface area contributed by atoms with Crippen LogP contribution in [0.5, 0.6) is 0 Å². The molecule has 0 aliphatic heterocycles. The molecular weight excluding hydrogens is 213 g/mol. The van der Waals surface area contributed by atoms with Crippen molar-refractivity contribution in [3.05, 3.63) is 0 Å². The monoisotopic (exact) mass is 220 g/mol. The van der Waals surface area contributed by atoms with Gasteiger partial charge in [0.15, 0.2) is 0 Å². The normalized spacial score (nSPS) is 35.3. The van der Waals surface area contributed by atoms with Crippen molar-refractivity contribution in [1.29, 1.82) is 0 Å². The van der Waals surface area contributed by atoms with Crippen molar-refractivity contribution in [2.45, 2.75) is 24.4 Å². The molecule has 2 unspecified atom stereocenters. The van der Waals surface area contributed by atoms with Gasteiger partial charge in [0.05, 0.1) is 0 Å². The third-order valence-electron chi connectivity index (χ3n) is 1.67. The van der Waals surface area contributed by atoms with Crippen LogP contribution in [-0.4, -0.2) is 27.4 Å². The number of hydrogen-bond acceptors (Lipinski definition) is 1. The summed E-state index contributed by atoms with van der Waals surface area (Å²) in [6.45, 7) is 1.37. The Labute approximate surface area is 77.1 Å². The lowest BCUT2D eigenvalue weighted by Gasteiger charge is -2.43. The zero-order chi connectivity index (χ0) is 10.9. The summed E-state index contributed by atoms with van der Waals surface area (Å²) in [5.41, 5.74) is 0. The van der Waals surface area contributed by atoms with E-state index in [1.165, 1.54) is 6.92 Å². The molecule has 0 heterocycles. The van der Waals surface area contributed by atoms with E-state index in [1.54, 1.807) is 0 Å². The number of rotatable bonds is 0. The van der Waals surface area contributed by atoms with Gasteiger partial charge in [-0.05, 0) is 0 Å². The highest BCUT2D eigenvalue weighted by molar-refractivity contribution is 6.24. The maximum absolute atomic E-state index is 12.4. The third-order valence-corrected chi connectivity index (χ3v) is 2.32. The van der Waals surface area contributed by atoms with Gasteiger partial charge >= 0.3 is 6.16 Å². The molecule has 78 valence electrons. The van der Waals surface area contributed by atoms with E-state index >= 15 is 0 Å². The molecule has 0 spiro atoms. The van der Waals surface area contributed by atoms with Gasteiger partial charge in [-0.3, -0.25) is 0 Å². The van der Waals surface area contributed by atoms with Crippen LogP contribution in [0.2, 0.25) is 0 Å². The quantitative estimate of drug-likeness (QED) is 0.617. The Morgan fingerprint density at radius 3 is 1.77 bits per heavy atom. The van der Waals surface area contributed by atoms with Crippen LogP contribution < -0.4 is 0 Å². The van der Waals surface area contributed by atoms with Crippen molar-refractivity contribution in [2.24, 2.45) is 5.92 Å². The zero-order valence-corrected chi connectivity index (χ0v) is 7.35. The fourth-order valence-electron chi connectivity index (χ4n) is 0.878. The SMILES string of the molecule is CC1CC(F)(F)C1(F)Cl.O=C(O)O. The molecule has 2 N–H and O–H groups in total. The van der Waals surface area contributed by atoms with Gasteiger partial charge in [-0.2, -0.15) is 0 Å². The molecule has 3 nitrogen and oxygen atoms in total. The first-order valence-electron chi connectivity index (χ1n) is 3.29. The molecule has 0 aromatic rings. The summed E-state index contributed by atoms with van der Waals surface area (Å²) in [4.78, 5) is 8.56. The lowest BCUT2D eigenvalue weighted by atomic mass is 9.80. The van der Waals surface area contributed by atoms with E-state index in [0.29, 0.717) is 0 Å². The molecule has 0 aromatic carbocycles. The Balaban J connectivity index is 0.000000310. The third kappa shape index (κ3) is 2.65. The molecule has 0 bridgehead atoms. The predicted octanol–water partition coefficient (Wildman–Crippen LogP) is 2.79. The number of carboxylic acid groups (broad SMARTS) is 2. The number of carbonyl (C=O) groups is 1. The van der Waals surface area contributed by atoms with Crippen molar-refractivity contribution in [1.82, 2.24) is 0 Å². The second-order valence-corrected chi connectivity index (χ2v) is 3.27. The molecule has 1 saturated carbocycles. The van der Waals surface area contributed by atoms with Crippen molar-refractivity contribution in [2.75, 3.05) is 0 Å². The van der Waals surface area contributed by atoms with Crippen LogP contribution in [0.15, 0.2) is 0 Å². The minimum Gasteiger partial charge on any atom is -0.450 e. The summed E-state index contributed by atoms with van der Waals surface area (Å²) in [5.74, 6) is -4.04. The topological polar surface area (TPSA) is 57.5 Å². The molecule has 0 radical (unpaired) electrons. The van der Waals surface area contributed by atoms with E-state index in [-0.39, 0.29) is 0 Å². The molecule has 0 saturated heterocycles. The number of hydrogen-bond donors (Lipinski definition) is 2. The van der Waals surface area contributed by atoms with Crippen molar-refractivity contribution >= 4 is 17.8 Å². The van der Waals surface area contributed by atoms with E-state index in [2.05, 4.69) is 0 Å². The van der Waals surface area contributed by atoms with Gasteiger partial charge in [0.2, 0.25) is 5.13 Å². The molecule has 0 amide bonds. The van der Waals surface area contributed by atoms with E-state index < -0.39 is 29.5 Å². The lowest BCUT2D eigenvalue weighted by molar-refractivity contribution is -0.201. The maximum atomic E-state index is 12.4. The van der Waals surface area contributed by atoms with Gasteiger partial charge < -0.3 is 10.2 Å². The average Bonchev–Trinajstić information content (AvgIpc) is 1.84. The summed E-state index contributed by atoms with van der Waals surface area (Å²) >= 11 is 4.83. The summed E-state index contributed by atoms with van der Waals surface area (Å²) in [6, 6.07) is 0. The Morgan fingerprint density at radius 2 is 1.77 bits per heavy atom. The van der Waals surface area contributed by atoms with Crippen LogP contribution in [0.4, 0.5) is 18.0 Å². The average molecular weight is 221 g/mol. The van der Waals surface area contributed by atoms with Crippen LogP contribution in [-0.2, 0) is 0 Å². The summed E-state index contributed by atoms with van der Waals surface area (Å²) in [6.07, 6.45) is -2.27. The molecule has 1 fully saturated rings. The van der Waals surface area contributed by atoms with Crippen LogP contribution >= 0.6 is 11.6 Å². The first kappa shape index (κ1) is 12.3. The molecule has 1 rings (SSSR count). The van der Waals surface area contributed by atoms with Crippen LogP contribution in [0, 0.1) is 5.92 Å². The first-order valence-corrected chi connectivity index (χ1v) is 3.66. The highest BCUT2D eigenvalue weighted by atomic mass is 35.5. The molecule has 7 heteroatoms. The molecule has 1 aliphatic rings. The smallest absolute Gasteiger partial charge is 0.450 e. The minimum absolute atomic E-state index is 0.438. The van der Waals surface area contributed by atoms with Gasteiger partial charge in [0.25, 0.3) is 5.92 Å². The first-order chi connectivity index (χ1) is 5.61. The molecular formula is C6H8ClF3O3. The summed E-state index contributed by atoms with van der Waals surface area (Å²) in [7, 11) is 0. The Hall–Kier alpha value is -0.650. The fraction of sp³-hybridized carbons (Fsp3) is 0.833. The second kappa shape index (κ2) is 3.61. The van der Waals surface area contributed by atoms with Crippen LogP contribution in [0.3, 0.4) is 0 Å². The second-order valence-electron chi connectivity index (χ2n) is 2.72. The Kier molecular flexibility index (Phi) is 3.43. The zero-order valence-electron chi connectivity index (χ0n) is 6.60. The Bertz CT molecular complexity index is 203. The summed E-state index contributed by atoms with van der Waals surface area (Å²) < 4.78 is 36.5. The van der Waals surface area contributed by atoms with Gasteiger partial charge in [-0.15, -0.1) is 0 Å². The van der Waals surface area contributed by atoms with Crippen molar-refractivity contribution < 1.29 is 28.2 Å². The standard InChI is InChI=1S/C5H6ClF3.CH2O3/c1-3-2-4(7,8)5(3,6)9;2-1(3)4/h3H,2H2,1H3;(H2,2,3,4). The van der Waals surface area contributed by atoms with Crippen molar-refractivity contribution in [3.8, 4) is 0 Å². The largest absolute Gasteiger partial charge is 0.503 e. The highest BCUT2D eigenvalue weighted by Gasteiger charge is 2.67. The fourth-order valence-corrected chi connectivity index (χ4v) is 1.03. The Morgan fingerprint density at radius 1 is 1.46 bits per heavy atom. The molecule has 2 atom stereocenters. The minimum atomic E-state index is -3.31. The molecule has 0 aromatic heterocycles. The predicted molar refractivity (Wildman–Crippen MR) is 39.1 cm³/mol. The maximum Gasteiger partial charge on any atom is 0.503 e. The summed E-state index contributed by atoms with van der Waals surface area (Å²) in [5, 5.41) is 11.2. The van der Waals surface area contributed by atoms with Gasteiger partial charge in [0.1, 0.15) is 0 Å². The molecule has 13 heavy (non-hydrogen) atoms. The van der Waals surface area contributed by atoms with E-state index in [9.17, 15) is 13.2 Å². The van der Waals surface area contributed by atoms with Gasteiger partial charge in [0, 0.05) is 12.3 Å². The van der Waals surface area contributed by atoms with Gasteiger partial charge in [-0.1, -0.05) is 18.5 Å².